The van der Waals surface area contributed by atoms with E-state index >= 15 is 0 Å². The molecule has 0 bridgehead atoms. The number of hydrogen-bond acceptors (Lipinski definition) is 3. The van der Waals surface area contributed by atoms with Crippen LogP contribution in [0.1, 0.15) is 16.7 Å². The van der Waals surface area contributed by atoms with Gasteiger partial charge in [-0.05, 0) is 43.4 Å². The summed E-state index contributed by atoms with van der Waals surface area (Å²) in [6.07, 6.45) is -4.83. The van der Waals surface area contributed by atoms with Crippen LogP contribution in [0.15, 0.2) is 47.4 Å². The van der Waals surface area contributed by atoms with Crippen molar-refractivity contribution in [2.24, 2.45) is 0 Å². The van der Waals surface area contributed by atoms with Crippen molar-refractivity contribution in [2.45, 2.75) is 24.2 Å². The Morgan fingerprint density at radius 2 is 1.62 bits per heavy atom. The maximum atomic E-state index is 13.1. The maximum absolute atomic E-state index is 13.1. The van der Waals surface area contributed by atoms with E-state index in [4.69, 9.17) is 11.6 Å². The number of sulfonamides is 1. The first-order chi connectivity index (χ1) is 12.0. The van der Waals surface area contributed by atoms with Gasteiger partial charge in [-0.1, -0.05) is 35.9 Å². The zero-order valence-electron chi connectivity index (χ0n) is 14.1. The van der Waals surface area contributed by atoms with Gasteiger partial charge in [0.15, 0.2) is 0 Å². The van der Waals surface area contributed by atoms with E-state index in [2.05, 4.69) is 4.72 Å². The van der Waals surface area contributed by atoms with Crippen molar-refractivity contribution >= 4 is 21.6 Å². The first kappa shape index (κ1) is 20.7. The lowest BCUT2D eigenvalue weighted by Crippen LogP contribution is -2.26. The molecule has 0 aliphatic rings. The Hall–Kier alpha value is -1.61. The molecule has 0 radical (unpaired) electrons. The van der Waals surface area contributed by atoms with Gasteiger partial charge in [-0.3, -0.25) is 0 Å². The lowest BCUT2D eigenvalue weighted by atomic mass is 10.1. The highest BCUT2D eigenvalue weighted by molar-refractivity contribution is 7.89. The standard InChI is InChI=1S/C17H18ClF3N2O2S/c1-23(2)11-13-5-3-12(4-6-13)10-22-26(24,25)16-8-7-14(18)9-15(16)17(19,20)21/h3-9,22H,10-11H2,1-2H3. The molecule has 1 N–H and O–H groups in total. The number of rotatable bonds is 6. The minimum atomic E-state index is -4.83. The van der Waals surface area contributed by atoms with Crippen molar-refractivity contribution in [3.05, 3.63) is 64.2 Å². The predicted molar refractivity (Wildman–Crippen MR) is 94.3 cm³/mol. The smallest absolute Gasteiger partial charge is 0.305 e. The fourth-order valence-electron chi connectivity index (χ4n) is 2.34. The molecule has 0 fully saturated rings. The monoisotopic (exact) mass is 406 g/mol. The van der Waals surface area contributed by atoms with E-state index < -0.39 is 26.7 Å². The third-order valence-corrected chi connectivity index (χ3v) is 5.22. The van der Waals surface area contributed by atoms with Crippen molar-refractivity contribution in [3.8, 4) is 0 Å². The molecule has 0 saturated heterocycles. The minimum Gasteiger partial charge on any atom is -0.305 e. The quantitative estimate of drug-likeness (QED) is 0.791. The predicted octanol–water partition coefficient (Wildman–Crippen LogP) is 3.90. The third-order valence-electron chi connectivity index (χ3n) is 3.52. The van der Waals surface area contributed by atoms with Gasteiger partial charge in [0.2, 0.25) is 10.0 Å². The van der Waals surface area contributed by atoms with Crippen LogP contribution in [0.4, 0.5) is 13.2 Å². The Labute approximate surface area is 155 Å². The number of hydrogen-bond donors (Lipinski definition) is 1. The van der Waals surface area contributed by atoms with Crippen LogP contribution < -0.4 is 4.72 Å². The van der Waals surface area contributed by atoms with Crippen molar-refractivity contribution in [3.63, 3.8) is 0 Å². The summed E-state index contributed by atoms with van der Waals surface area (Å²) < 4.78 is 66.2. The Bertz CT molecular complexity index is 867. The molecule has 2 aromatic rings. The number of nitrogens with one attached hydrogen (secondary N) is 1. The molecule has 142 valence electrons. The van der Waals surface area contributed by atoms with Crippen LogP contribution in [0.5, 0.6) is 0 Å². The molecule has 0 aliphatic carbocycles. The van der Waals surface area contributed by atoms with Crippen LogP contribution in [0.2, 0.25) is 5.02 Å². The first-order valence-electron chi connectivity index (χ1n) is 7.58. The first-order valence-corrected chi connectivity index (χ1v) is 9.44. The molecule has 2 rings (SSSR count). The SMILES string of the molecule is CN(C)Cc1ccc(CNS(=O)(=O)c2ccc(Cl)cc2C(F)(F)F)cc1. The minimum absolute atomic E-state index is 0.121. The summed E-state index contributed by atoms with van der Waals surface area (Å²) in [6, 6.07) is 9.71. The summed E-state index contributed by atoms with van der Waals surface area (Å²) >= 11 is 5.58. The Morgan fingerprint density at radius 3 is 2.15 bits per heavy atom. The Kier molecular flexibility index (Phi) is 6.33. The third kappa shape index (κ3) is 5.44. The van der Waals surface area contributed by atoms with Gasteiger partial charge in [-0.25, -0.2) is 13.1 Å². The molecule has 0 heterocycles. The number of benzene rings is 2. The van der Waals surface area contributed by atoms with Crippen LogP contribution in [0.25, 0.3) is 0 Å². The van der Waals surface area contributed by atoms with Crippen LogP contribution in [-0.4, -0.2) is 27.4 Å². The van der Waals surface area contributed by atoms with Gasteiger partial charge in [-0.2, -0.15) is 13.2 Å². The second kappa shape index (κ2) is 7.96. The molecule has 0 aromatic heterocycles. The van der Waals surface area contributed by atoms with Gasteiger partial charge in [0, 0.05) is 18.1 Å². The average Bonchev–Trinajstić information content (AvgIpc) is 2.52. The van der Waals surface area contributed by atoms with Crippen molar-refractivity contribution < 1.29 is 21.6 Å². The second-order valence-electron chi connectivity index (χ2n) is 6.02. The van der Waals surface area contributed by atoms with E-state index in [9.17, 15) is 21.6 Å². The molecule has 0 spiro atoms. The lowest BCUT2D eigenvalue weighted by molar-refractivity contribution is -0.139. The zero-order chi connectivity index (χ0) is 19.5. The van der Waals surface area contributed by atoms with E-state index in [0.717, 1.165) is 24.2 Å². The van der Waals surface area contributed by atoms with E-state index in [-0.39, 0.29) is 11.6 Å². The normalized spacial score (nSPS) is 12.6. The molecule has 26 heavy (non-hydrogen) atoms. The average molecular weight is 407 g/mol. The highest BCUT2D eigenvalue weighted by atomic mass is 35.5. The topological polar surface area (TPSA) is 49.4 Å². The molecule has 0 aliphatic heterocycles. The van der Waals surface area contributed by atoms with Crippen LogP contribution >= 0.6 is 11.6 Å². The van der Waals surface area contributed by atoms with E-state index in [1.165, 1.54) is 0 Å². The van der Waals surface area contributed by atoms with E-state index in [0.29, 0.717) is 11.6 Å². The second-order valence-corrected chi connectivity index (χ2v) is 8.19. The molecule has 0 unspecified atom stereocenters. The van der Waals surface area contributed by atoms with Gasteiger partial charge in [0.05, 0.1) is 10.5 Å². The lowest BCUT2D eigenvalue weighted by Gasteiger charge is -2.14. The zero-order valence-corrected chi connectivity index (χ0v) is 15.7. The molecule has 9 heteroatoms. The highest BCUT2D eigenvalue weighted by Crippen LogP contribution is 2.35. The number of halogens is 4. The summed E-state index contributed by atoms with van der Waals surface area (Å²) in [5.74, 6) is 0. The maximum Gasteiger partial charge on any atom is 0.417 e. The summed E-state index contributed by atoms with van der Waals surface area (Å²) in [7, 11) is -0.509. The van der Waals surface area contributed by atoms with Crippen molar-refractivity contribution in [1.29, 1.82) is 0 Å². The van der Waals surface area contributed by atoms with Crippen LogP contribution in [0, 0.1) is 0 Å². The Balaban J connectivity index is 2.19. The molecular weight excluding hydrogens is 389 g/mol. The van der Waals surface area contributed by atoms with Gasteiger partial charge < -0.3 is 4.90 Å². The van der Waals surface area contributed by atoms with Gasteiger partial charge in [0.1, 0.15) is 0 Å². The number of nitrogens with zero attached hydrogens (tertiary/aromatic N) is 1. The summed E-state index contributed by atoms with van der Waals surface area (Å²) in [6.45, 7) is 0.607. The molecule has 0 saturated carbocycles. The van der Waals surface area contributed by atoms with E-state index in [1.54, 1.807) is 12.1 Å². The van der Waals surface area contributed by atoms with Gasteiger partial charge in [-0.15, -0.1) is 0 Å². The van der Waals surface area contributed by atoms with Gasteiger partial charge >= 0.3 is 6.18 Å². The molecule has 0 atom stereocenters. The summed E-state index contributed by atoms with van der Waals surface area (Å²) in [5, 5.41) is -0.187. The fraction of sp³-hybridized carbons (Fsp3) is 0.294. The summed E-state index contributed by atoms with van der Waals surface area (Å²) in [4.78, 5) is 1.13. The number of alkyl halides is 3. The Morgan fingerprint density at radius 1 is 1.04 bits per heavy atom. The van der Waals surface area contributed by atoms with E-state index in [1.807, 2.05) is 31.1 Å². The van der Waals surface area contributed by atoms with Crippen molar-refractivity contribution in [2.75, 3.05) is 14.1 Å². The highest BCUT2D eigenvalue weighted by Gasteiger charge is 2.37. The molecular formula is C17H18ClF3N2O2S. The molecule has 4 nitrogen and oxygen atoms in total. The van der Waals surface area contributed by atoms with Crippen LogP contribution in [-0.2, 0) is 29.3 Å². The van der Waals surface area contributed by atoms with Crippen LogP contribution in [0.3, 0.4) is 0 Å². The summed E-state index contributed by atoms with van der Waals surface area (Å²) in [5.41, 5.74) is 0.385. The largest absolute Gasteiger partial charge is 0.417 e. The van der Waals surface area contributed by atoms with Crippen molar-refractivity contribution in [1.82, 2.24) is 9.62 Å². The van der Waals surface area contributed by atoms with Gasteiger partial charge in [0.25, 0.3) is 0 Å². The molecule has 2 aromatic carbocycles. The molecule has 0 amide bonds. The fourth-order valence-corrected chi connectivity index (χ4v) is 3.74.